The first kappa shape index (κ1) is 22.7. The van der Waals surface area contributed by atoms with E-state index in [1.165, 1.54) is 4.31 Å². The van der Waals surface area contributed by atoms with Crippen LogP contribution in [0.25, 0.3) is 0 Å². The lowest BCUT2D eigenvalue weighted by atomic mass is 10.1. The van der Waals surface area contributed by atoms with E-state index in [4.69, 9.17) is 0 Å². The lowest BCUT2D eigenvalue weighted by molar-refractivity contribution is -0.116. The van der Waals surface area contributed by atoms with Crippen molar-refractivity contribution in [1.82, 2.24) is 4.31 Å². The van der Waals surface area contributed by atoms with Crippen LogP contribution in [-0.4, -0.2) is 25.2 Å². The molecule has 0 bridgehead atoms. The van der Waals surface area contributed by atoms with Crippen molar-refractivity contribution < 1.29 is 13.2 Å². The molecule has 0 aliphatic rings. The van der Waals surface area contributed by atoms with Crippen LogP contribution >= 0.6 is 0 Å². The van der Waals surface area contributed by atoms with E-state index in [1.54, 1.807) is 26.0 Å². The van der Waals surface area contributed by atoms with Crippen LogP contribution in [0.2, 0.25) is 0 Å². The average molecular weight is 437 g/mol. The van der Waals surface area contributed by atoms with Crippen molar-refractivity contribution >= 4 is 21.6 Å². The summed E-state index contributed by atoms with van der Waals surface area (Å²) in [5.41, 5.74) is 4.88. The first-order valence-electron chi connectivity index (χ1n) is 10.2. The second kappa shape index (κ2) is 9.45. The van der Waals surface area contributed by atoms with Crippen molar-refractivity contribution in [2.45, 2.75) is 39.1 Å². The molecule has 3 aromatic carbocycles. The van der Waals surface area contributed by atoms with Gasteiger partial charge in [-0.2, -0.15) is 4.31 Å². The van der Waals surface area contributed by atoms with E-state index in [9.17, 15) is 13.2 Å². The maximum Gasteiger partial charge on any atom is 0.244 e. The van der Waals surface area contributed by atoms with Crippen molar-refractivity contribution in [1.29, 1.82) is 0 Å². The van der Waals surface area contributed by atoms with Gasteiger partial charge in [-0.15, -0.1) is 0 Å². The molecule has 31 heavy (non-hydrogen) atoms. The zero-order chi connectivity index (χ0) is 22.6. The molecule has 0 spiro atoms. The van der Waals surface area contributed by atoms with E-state index in [2.05, 4.69) is 5.32 Å². The van der Waals surface area contributed by atoms with Gasteiger partial charge in [-0.1, -0.05) is 65.7 Å². The maximum atomic E-state index is 13.7. The Kier molecular flexibility index (Phi) is 6.93. The predicted molar refractivity (Wildman–Crippen MR) is 124 cm³/mol. The minimum atomic E-state index is -3.90. The number of amides is 1. The standard InChI is InChI=1S/C25H28N2O3S/c1-18-10-12-23(13-11-18)26-24(28)17-27(16-22-8-6-5-7-9-22)31(29,30)25-20(3)14-19(2)15-21(25)4/h5-15H,16-17H2,1-4H3,(H,26,28). The number of carbonyl (C=O) groups is 1. The fraction of sp³-hybridized carbons (Fsp3) is 0.240. The van der Waals surface area contributed by atoms with E-state index < -0.39 is 10.0 Å². The first-order chi connectivity index (χ1) is 14.7. The molecule has 0 atom stereocenters. The summed E-state index contributed by atoms with van der Waals surface area (Å²) < 4.78 is 28.6. The molecule has 0 fully saturated rings. The number of hydrogen-bond donors (Lipinski definition) is 1. The van der Waals surface area contributed by atoms with Gasteiger partial charge in [-0.05, 0) is 56.5 Å². The van der Waals surface area contributed by atoms with Gasteiger partial charge in [0.05, 0.1) is 11.4 Å². The molecule has 1 amide bonds. The fourth-order valence-corrected chi connectivity index (χ4v) is 5.51. The number of aryl methyl sites for hydroxylation is 4. The molecule has 0 radical (unpaired) electrons. The quantitative estimate of drug-likeness (QED) is 0.581. The van der Waals surface area contributed by atoms with Gasteiger partial charge < -0.3 is 5.32 Å². The molecule has 1 N–H and O–H groups in total. The molecule has 0 unspecified atom stereocenters. The summed E-state index contributed by atoms with van der Waals surface area (Å²) in [6.45, 7) is 7.31. The molecule has 0 saturated heterocycles. The zero-order valence-corrected chi connectivity index (χ0v) is 19.2. The number of rotatable bonds is 7. The van der Waals surface area contributed by atoms with Crippen LogP contribution in [0.3, 0.4) is 0 Å². The third-order valence-electron chi connectivity index (χ3n) is 5.06. The third-order valence-corrected chi connectivity index (χ3v) is 7.16. The molecule has 3 aromatic rings. The molecule has 5 nitrogen and oxygen atoms in total. The van der Waals surface area contributed by atoms with Crippen molar-refractivity contribution in [3.05, 3.63) is 94.5 Å². The molecular formula is C25H28N2O3S. The zero-order valence-electron chi connectivity index (χ0n) is 18.3. The Labute approximate surface area is 184 Å². The van der Waals surface area contributed by atoms with E-state index in [-0.39, 0.29) is 23.9 Å². The number of carbonyl (C=O) groups excluding carboxylic acids is 1. The normalized spacial score (nSPS) is 11.5. The number of nitrogens with zero attached hydrogens (tertiary/aromatic N) is 1. The van der Waals surface area contributed by atoms with Crippen molar-refractivity contribution in [2.75, 3.05) is 11.9 Å². The van der Waals surface area contributed by atoms with Crippen LogP contribution in [0.5, 0.6) is 0 Å². The van der Waals surface area contributed by atoms with Gasteiger partial charge in [0.25, 0.3) is 0 Å². The largest absolute Gasteiger partial charge is 0.325 e. The Morgan fingerprint density at radius 1 is 0.839 bits per heavy atom. The van der Waals surface area contributed by atoms with Crippen molar-refractivity contribution in [3.8, 4) is 0 Å². The summed E-state index contributed by atoms with van der Waals surface area (Å²) in [6, 6.07) is 20.4. The van der Waals surface area contributed by atoms with Crippen LogP contribution in [0, 0.1) is 27.7 Å². The van der Waals surface area contributed by atoms with Crippen LogP contribution < -0.4 is 5.32 Å². The summed E-state index contributed by atoms with van der Waals surface area (Å²) in [6.07, 6.45) is 0. The van der Waals surface area contributed by atoms with Gasteiger partial charge in [0.15, 0.2) is 0 Å². The number of nitrogens with one attached hydrogen (secondary N) is 1. The minimum Gasteiger partial charge on any atom is -0.325 e. The first-order valence-corrected chi connectivity index (χ1v) is 11.6. The second-order valence-corrected chi connectivity index (χ2v) is 9.78. The lowest BCUT2D eigenvalue weighted by Gasteiger charge is -2.24. The molecule has 0 aliphatic heterocycles. The fourth-order valence-electron chi connectivity index (χ4n) is 3.71. The maximum absolute atomic E-state index is 13.7. The average Bonchev–Trinajstić information content (AvgIpc) is 2.69. The number of benzene rings is 3. The van der Waals surface area contributed by atoms with Crippen LogP contribution in [0.1, 0.15) is 27.8 Å². The number of sulfonamides is 1. The smallest absolute Gasteiger partial charge is 0.244 e. The molecule has 0 heterocycles. The molecule has 3 rings (SSSR count). The van der Waals surface area contributed by atoms with E-state index in [0.717, 1.165) is 16.7 Å². The summed E-state index contributed by atoms with van der Waals surface area (Å²) in [4.78, 5) is 13.0. The monoisotopic (exact) mass is 436 g/mol. The molecular weight excluding hydrogens is 408 g/mol. The number of anilines is 1. The summed E-state index contributed by atoms with van der Waals surface area (Å²) in [5, 5.41) is 2.80. The molecule has 162 valence electrons. The van der Waals surface area contributed by atoms with Crippen LogP contribution in [0.4, 0.5) is 5.69 Å². The highest BCUT2D eigenvalue weighted by atomic mass is 32.2. The van der Waals surface area contributed by atoms with Gasteiger partial charge in [-0.3, -0.25) is 4.79 Å². The van der Waals surface area contributed by atoms with Crippen molar-refractivity contribution in [3.63, 3.8) is 0 Å². The lowest BCUT2D eigenvalue weighted by Crippen LogP contribution is -2.38. The Hall–Kier alpha value is -2.96. The van der Waals surface area contributed by atoms with Crippen LogP contribution in [-0.2, 0) is 21.4 Å². The minimum absolute atomic E-state index is 0.108. The highest BCUT2D eigenvalue weighted by molar-refractivity contribution is 7.89. The molecule has 0 saturated carbocycles. The van der Waals surface area contributed by atoms with E-state index in [1.807, 2.05) is 68.4 Å². The van der Waals surface area contributed by atoms with E-state index >= 15 is 0 Å². The summed E-state index contributed by atoms with van der Waals surface area (Å²) in [5.74, 6) is -0.384. The summed E-state index contributed by atoms with van der Waals surface area (Å²) >= 11 is 0. The van der Waals surface area contributed by atoms with Gasteiger partial charge in [-0.25, -0.2) is 8.42 Å². The van der Waals surface area contributed by atoms with Gasteiger partial charge in [0.2, 0.25) is 15.9 Å². The SMILES string of the molecule is Cc1ccc(NC(=O)CN(Cc2ccccc2)S(=O)(=O)c2c(C)cc(C)cc2C)cc1. The Balaban J connectivity index is 1.94. The topological polar surface area (TPSA) is 66.5 Å². The third kappa shape index (κ3) is 5.60. The van der Waals surface area contributed by atoms with Gasteiger partial charge in [0, 0.05) is 12.2 Å². The molecule has 0 aliphatic carbocycles. The van der Waals surface area contributed by atoms with Gasteiger partial charge in [0.1, 0.15) is 0 Å². The Morgan fingerprint density at radius 3 is 2.00 bits per heavy atom. The number of hydrogen-bond acceptors (Lipinski definition) is 3. The highest BCUT2D eigenvalue weighted by Gasteiger charge is 2.30. The van der Waals surface area contributed by atoms with Crippen LogP contribution in [0.15, 0.2) is 71.6 Å². The predicted octanol–water partition coefficient (Wildman–Crippen LogP) is 4.75. The highest BCUT2D eigenvalue weighted by Crippen LogP contribution is 2.26. The van der Waals surface area contributed by atoms with E-state index in [0.29, 0.717) is 16.8 Å². The van der Waals surface area contributed by atoms with Crippen molar-refractivity contribution in [2.24, 2.45) is 0 Å². The van der Waals surface area contributed by atoms with Gasteiger partial charge >= 0.3 is 0 Å². The Morgan fingerprint density at radius 2 is 1.42 bits per heavy atom. The molecule has 6 heteroatoms. The summed E-state index contributed by atoms with van der Waals surface area (Å²) in [7, 11) is -3.90. The Bertz CT molecular complexity index is 1150. The second-order valence-electron chi connectivity index (χ2n) is 7.90. The molecule has 0 aromatic heterocycles.